The molecule has 7 heteroatoms. The fourth-order valence-electron chi connectivity index (χ4n) is 2.71. The summed E-state index contributed by atoms with van der Waals surface area (Å²) in [6, 6.07) is 17.1. The van der Waals surface area contributed by atoms with E-state index in [4.69, 9.17) is 4.98 Å². The second-order valence-corrected chi connectivity index (χ2v) is 9.91. The van der Waals surface area contributed by atoms with Gasteiger partial charge in [0.2, 0.25) is 0 Å². The minimum atomic E-state index is -3.27. The molecule has 27 heavy (non-hydrogen) atoms. The van der Waals surface area contributed by atoms with Crippen LogP contribution < -0.4 is 0 Å². The average molecular weight is 416 g/mol. The van der Waals surface area contributed by atoms with Crippen LogP contribution in [0.2, 0.25) is 0 Å². The van der Waals surface area contributed by atoms with E-state index in [1.165, 1.54) is 23.7 Å². The van der Waals surface area contributed by atoms with Crippen molar-refractivity contribution < 1.29 is 12.8 Å². The van der Waals surface area contributed by atoms with E-state index in [1.807, 2.05) is 17.5 Å². The first-order chi connectivity index (χ1) is 12.9. The molecule has 0 unspecified atom stereocenters. The normalized spacial score (nSPS) is 11.6. The number of halogens is 1. The highest BCUT2D eigenvalue weighted by atomic mass is 32.2. The quantitative estimate of drug-likeness (QED) is 0.426. The Kier molecular flexibility index (Phi) is 4.67. The predicted octanol–water partition coefficient (Wildman–Crippen LogP) is 5.75. The summed E-state index contributed by atoms with van der Waals surface area (Å²) in [4.78, 5) is 6.77. The second kappa shape index (κ2) is 6.99. The Balaban J connectivity index is 1.90. The van der Waals surface area contributed by atoms with E-state index in [0.29, 0.717) is 11.3 Å². The van der Waals surface area contributed by atoms with Crippen LogP contribution in [0.1, 0.15) is 0 Å². The molecular weight excluding hydrogens is 401 g/mol. The molecule has 0 aliphatic carbocycles. The number of rotatable bonds is 4. The predicted molar refractivity (Wildman–Crippen MR) is 109 cm³/mol. The van der Waals surface area contributed by atoms with Gasteiger partial charge < -0.3 is 0 Å². The molecule has 0 bridgehead atoms. The molecule has 136 valence electrons. The molecule has 0 saturated heterocycles. The molecule has 0 aliphatic heterocycles. The molecule has 4 rings (SSSR count). The van der Waals surface area contributed by atoms with Gasteiger partial charge in [-0.25, -0.2) is 17.8 Å². The Hall–Kier alpha value is -2.35. The van der Waals surface area contributed by atoms with Gasteiger partial charge in [-0.15, -0.1) is 22.7 Å². The third kappa shape index (κ3) is 3.58. The highest BCUT2D eigenvalue weighted by Crippen LogP contribution is 2.42. The van der Waals surface area contributed by atoms with Gasteiger partial charge in [-0.05, 0) is 41.3 Å². The van der Waals surface area contributed by atoms with E-state index in [9.17, 15) is 12.8 Å². The number of hydrogen-bond donors (Lipinski definition) is 0. The van der Waals surface area contributed by atoms with Crippen LogP contribution in [0.4, 0.5) is 4.39 Å². The molecule has 4 aromatic rings. The topological polar surface area (TPSA) is 47.0 Å². The first kappa shape index (κ1) is 18.0. The van der Waals surface area contributed by atoms with E-state index < -0.39 is 9.84 Å². The maximum Gasteiger partial charge on any atom is 0.175 e. The smallest absolute Gasteiger partial charge is 0.175 e. The summed E-state index contributed by atoms with van der Waals surface area (Å²) in [6.07, 6.45) is 1.17. The van der Waals surface area contributed by atoms with Gasteiger partial charge in [0.1, 0.15) is 10.8 Å². The Bertz CT molecular complexity index is 1190. The lowest BCUT2D eigenvalue weighted by molar-refractivity contribution is 0.602. The molecule has 2 aromatic carbocycles. The minimum absolute atomic E-state index is 0.252. The van der Waals surface area contributed by atoms with E-state index in [1.54, 1.807) is 53.8 Å². The van der Waals surface area contributed by atoms with Crippen molar-refractivity contribution in [3.8, 4) is 31.6 Å². The fraction of sp³-hybridized carbons (Fsp3) is 0.0500. The molecule has 0 aliphatic rings. The van der Waals surface area contributed by atoms with Crippen LogP contribution in [-0.4, -0.2) is 19.7 Å². The van der Waals surface area contributed by atoms with Crippen LogP contribution in [0.5, 0.6) is 0 Å². The zero-order valence-electron chi connectivity index (χ0n) is 14.2. The molecule has 2 heterocycles. The Morgan fingerprint density at radius 2 is 1.70 bits per heavy atom. The van der Waals surface area contributed by atoms with Gasteiger partial charge in [-0.2, -0.15) is 0 Å². The van der Waals surface area contributed by atoms with Gasteiger partial charge in [0, 0.05) is 11.8 Å². The van der Waals surface area contributed by atoms with Gasteiger partial charge in [0.05, 0.1) is 20.3 Å². The summed E-state index contributed by atoms with van der Waals surface area (Å²) in [6.45, 7) is 0. The highest BCUT2D eigenvalue weighted by molar-refractivity contribution is 7.90. The standard InChI is InChI=1S/C20H14FNO2S3/c1-27(23,24)14-10-8-13(9-11-14)19-18(15-5-2-3-6-16(15)21)22-20(26-19)17-7-4-12-25-17/h2-12H,1H3. The SMILES string of the molecule is CS(=O)(=O)c1ccc(-c2sc(-c3cccs3)nc2-c2ccccc2F)cc1. The molecule has 2 aromatic heterocycles. The third-order valence-corrected chi connectivity index (χ3v) is 7.30. The van der Waals surface area contributed by atoms with Crippen molar-refractivity contribution in [1.82, 2.24) is 4.98 Å². The number of benzene rings is 2. The van der Waals surface area contributed by atoms with Crippen LogP contribution >= 0.6 is 22.7 Å². The van der Waals surface area contributed by atoms with Crippen molar-refractivity contribution >= 4 is 32.5 Å². The maximum absolute atomic E-state index is 14.4. The molecule has 0 amide bonds. The lowest BCUT2D eigenvalue weighted by Gasteiger charge is -2.05. The largest absolute Gasteiger partial charge is 0.234 e. The monoisotopic (exact) mass is 415 g/mol. The van der Waals surface area contributed by atoms with Crippen LogP contribution in [0.15, 0.2) is 70.9 Å². The summed E-state index contributed by atoms with van der Waals surface area (Å²) >= 11 is 3.04. The molecule has 0 radical (unpaired) electrons. The summed E-state index contributed by atoms with van der Waals surface area (Å²) < 4.78 is 37.9. The maximum atomic E-state index is 14.4. The molecule has 0 spiro atoms. The number of thiazole rings is 1. The number of nitrogens with zero attached hydrogens (tertiary/aromatic N) is 1. The van der Waals surface area contributed by atoms with E-state index >= 15 is 0 Å². The molecule has 0 N–H and O–H groups in total. The van der Waals surface area contributed by atoms with Gasteiger partial charge >= 0.3 is 0 Å². The lowest BCUT2D eigenvalue weighted by atomic mass is 10.1. The fourth-order valence-corrected chi connectivity index (χ4v) is 5.22. The molecule has 0 saturated carbocycles. The van der Waals surface area contributed by atoms with Crippen LogP contribution in [-0.2, 0) is 9.84 Å². The van der Waals surface area contributed by atoms with Crippen molar-refractivity contribution in [3.63, 3.8) is 0 Å². The Morgan fingerprint density at radius 1 is 0.963 bits per heavy atom. The van der Waals surface area contributed by atoms with Gasteiger partial charge in [-0.1, -0.05) is 30.3 Å². The number of aromatic nitrogens is 1. The zero-order chi connectivity index (χ0) is 19.0. The van der Waals surface area contributed by atoms with Crippen LogP contribution in [0.3, 0.4) is 0 Å². The van der Waals surface area contributed by atoms with Gasteiger partial charge in [0.15, 0.2) is 9.84 Å². The number of hydrogen-bond acceptors (Lipinski definition) is 5. The van der Waals surface area contributed by atoms with Crippen LogP contribution in [0, 0.1) is 5.82 Å². The van der Waals surface area contributed by atoms with E-state index in [2.05, 4.69) is 0 Å². The van der Waals surface area contributed by atoms with Crippen molar-refractivity contribution in [1.29, 1.82) is 0 Å². The number of thiophene rings is 1. The summed E-state index contributed by atoms with van der Waals surface area (Å²) in [5.41, 5.74) is 1.80. The Labute approximate surface area is 164 Å². The molecule has 0 fully saturated rings. The van der Waals surface area contributed by atoms with Crippen molar-refractivity contribution in [2.24, 2.45) is 0 Å². The van der Waals surface area contributed by atoms with Crippen molar-refractivity contribution in [2.45, 2.75) is 4.90 Å². The van der Waals surface area contributed by atoms with Crippen LogP contribution in [0.25, 0.3) is 31.6 Å². The zero-order valence-corrected chi connectivity index (χ0v) is 16.7. The lowest BCUT2D eigenvalue weighted by Crippen LogP contribution is -1.96. The average Bonchev–Trinajstić information content (AvgIpc) is 3.31. The molecular formula is C20H14FNO2S3. The van der Waals surface area contributed by atoms with Crippen molar-refractivity contribution in [2.75, 3.05) is 6.26 Å². The Morgan fingerprint density at radius 3 is 2.33 bits per heavy atom. The van der Waals surface area contributed by atoms with E-state index in [0.717, 1.165) is 20.3 Å². The minimum Gasteiger partial charge on any atom is -0.234 e. The van der Waals surface area contributed by atoms with Gasteiger partial charge in [-0.3, -0.25) is 0 Å². The third-order valence-electron chi connectivity index (χ3n) is 4.03. The van der Waals surface area contributed by atoms with Crippen molar-refractivity contribution in [3.05, 3.63) is 71.9 Å². The summed E-state index contributed by atoms with van der Waals surface area (Å²) in [5.74, 6) is -0.338. The second-order valence-electron chi connectivity index (χ2n) is 5.95. The summed E-state index contributed by atoms with van der Waals surface area (Å²) in [5, 5.41) is 2.78. The first-order valence-corrected chi connectivity index (χ1v) is 11.6. The van der Waals surface area contributed by atoms with E-state index in [-0.39, 0.29) is 10.7 Å². The summed E-state index contributed by atoms with van der Waals surface area (Å²) in [7, 11) is -3.27. The highest BCUT2D eigenvalue weighted by Gasteiger charge is 2.19. The molecule has 3 nitrogen and oxygen atoms in total. The molecule has 0 atom stereocenters. The number of sulfone groups is 1. The first-order valence-electron chi connectivity index (χ1n) is 8.03. The van der Waals surface area contributed by atoms with Gasteiger partial charge in [0.25, 0.3) is 0 Å².